The Bertz CT molecular complexity index is 1210. The fraction of sp³-hybridized carbons (Fsp3) is 0.455. The molecule has 3 aliphatic rings. The van der Waals surface area contributed by atoms with Gasteiger partial charge in [0.2, 0.25) is 12.4 Å². The number of rotatable bonds is 5. The minimum atomic E-state index is -2.43. The van der Waals surface area contributed by atoms with Gasteiger partial charge in [0, 0.05) is 41.8 Å². The van der Waals surface area contributed by atoms with Gasteiger partial charge in [0.1, 0.15) is 0 Å². The molecule has 0 spiro atoms. The van der Waals surface area contributed by atoms with E-state index in [4.69, 9.17) is 9.72 Å². The molecule has 6 rings (SSSR count). The lowest BCUT2D eigenvalue weighted by Gasteiger charge is -2.24. The first-order valence-electron chi connectivity index (χ1n) is 10.5. The number of fused-ring (bicyclic) bond motifs is 3. The summed E-state index contributed by atoms with van der Waals surface area (Å²) in [6, 6.07) is 6.04. The van der Waals surface area contributed by atoms with Crippen molar-refractivity contribution in [1.82, 2.24) is 19.6 Å². The molecule has 3 aromatic heterocycles. The summed E-state index contributed by atoms with van der Waals surface area (Å²) >= 11 is 0. The van der Waals surface area contributed by atoms with Crippen molar-refractivity contribution in [3.63, 3.8) is 0 Å². The summed E-state index contributed by atoms with van der Waals surface area (Å²) < 4.78 is 33.7. The summed E-state index contributed by atoms with van der Waals surface area (Å²) in [5, 5.41) is 7.99. The number of aromatic nitrogens is 4. The maximum absolute atomic E-state index is 13.3. The van der Waals surface area contributed by atoms with Crippen LogP contribution in [0, 0.1) is 11.8 Å². The van der Waals surface area contributed by atoms with Gasteiger partial charge in [0.25, 0.3) is 0 Å². The van der Waals surface area contributed by atoms with Gasteiger partial charge in [-0.15, -0.1) is 5.10 Å². The van der Waals surface area contributed by atoms with Crippen LogP contribution in [-0.2, 0) is 10.2 Å². The molecule has 7 nitrogen and oxygen atoms in total. The normalized spacial score (nSPS) is 28.7. The Morgan fingerprint density at radius 3 is 2.84 bits per heavy atom. The summed E-state index contributed by atoms with van der Waals surface area (Å²) in [5.74, 6) is 1.70. The molecule has 0 amide bonds. The lowest BCUT2D eigenvalue weighted by Crippen LogP contribution is -2.31. The van der Waals surface area contributed by atoms with E-state index in [0.29, 0.717) is 46.6 Å². The second-order valence-corrected chi connectivity index (χ2v) is 8.87. The second kappa shape index (κ2) is 6.53. The Labute approximate surface area is 177 Å². The van der Waals surface area contributed by atoms with Crippen molar-refractivity contribution < 1.29 is 13.5 Å². The van der Waals surface area contributed by atoms with Crippen LogP contribution in [0.25, 0.3) is 16.8 Å². The fourth-order valence-corrected chi connectivity index (χ4v) is 4.91. The van der Waals surface area contributed by atoms with E-state index in [-0.39, 0.29) is 6.42 Å². The van der Waals surface area contributed by atoms with Gasteiger partial charge in [-0.25, -0.2) is 23.3 Å². The van der Waals surface area contributed by atoms with E-state index in [1.54, 1.807) is 24.6 Å². The molecule has 9 heteroatoms. The van der Waals surface area contributed by atoms with Crippen LogP contribution in [0.2, 0.25) is 0 Å². The van der Waals surface area contributed by atoms with Gasteiger partial charge in [-0.05, 0) is 32.0 Å². The van der Waals surface area contributed by atoms with Crippen LogP contribution < -0.4 is 5.32 Å². The average molecular weight is 424 g/mol. The minimum Gasteiger partial charge on any atom is -0.381 e. The lowest BCUT2D eigenvalue weighted by atomic mass is 9.80. The summed E-state index contributed by atoms with van der Waals surface area (Å²) in [6.45, 7) is 5.18. The Morgan fingerprint density at radius 1 is 1.26 bits per heavy atom. The summed E-state index contributed by atoms with van der Waals surface area (Å²) in [7, 11) is 0. The summed E-state index contributed by atoms with van der Waals surface area (Å²) in [6.07, 6.45) is 0.908. The number of ether oxygens (including phenoxy) is 1. The number of nitrogens with zero attached hydrogens (tertiary/aromatic N) is 5. The van der Waals surface area contributed by atoms with Crippen molar-refractivity contribution in [3.8, 4) is 11.3 Å². The third-order valence-corrected chi connectivity index (χ3v) is 6.99. The first kappa shape index (κ1) is 18.8. The van der Waals surface area contributed by atoms with Crippen molar-refractivity contribution in [3.05, 3.63) is 36.3 Å². The molecule has 0 bridgehead atoms. The van der Waals surface area contributed by atoms with E-state index < -0.39 is 11.8 Å². The number of nitrogens with one attached hydrogen (secondary N) is 1. The molecule has 1 N–H and O–H groups in total. The maximum atomic E-state index is 13.3. The van der Waals surface area contributed by atoms with E-state index >= 15 is 0 Å². The third-order valence-electron chi connectivity index (χ3n) is 6.99. The highest BCUT2D eigenvalue weighted by atomic mass is 19.3. The Hall–Kier alpha value is -2.94. The van der Waals surface area contributed by atoms with Crippen LogP contribution in [0.3, 0.4) is 0 Å². The molecule has 1 saturated carbocycles. The zero-order valence-corrected chi connectivity index (χ0v) is 17.2. The molecule has 2 unspecified atom stereocenters. The Morgan fingerprint density at radius 2 is 2.06 bits per heavy atom. The van der Waals surface area contributed by atoms with Crippen LogP contribution in [-0.4, -0.2) is 51.0 Å². The molecule has 160 valence electrons. The fourth-order valence-electron chi connectivity index (χ4n) is 4.91. The van der Waals surface area contributed by atoms with Gasteiger partial charge >= 0.3 is 0 Å². The molecular weight excluding hydrogens is 402 g/mol. The number of hydrogen-bond donors (Lipinski definition) is 1. The first-order chi connectivity index (χ1) is 14.9. The molecule has 1 aliphatic carbocycles. The first-order valence-corrected chi connectivity index (χ1v) is 10.5. The second-order valence-electron chi connectivity index (χ2n) is 8.87. The van der Waals surface area contributed by atoms with Crippen molar-refractivity contribution in [1.29, 1.82) is 0 Å². The van der Waals surface area contributed by atoms with E-state index in [0.717, 1.165) is 24.3 Å². The van der Waals surface area contributed by atoms with Crippen molar-refractivity contribution in [2.45, 2.75) is 38.2 Å². The molecule has 3 aromatic rings. The number of pyridine rings is 1. The Kier molecular flexibility index (Phi) is 3.96. The van der Waals surface area contributed by atoms with E-state index in [2.05, 4.69) is 20.4 Å². The number of aliphatic imine (C=N–C) groups is 1. The van der Waals surface area contributed by atoms with Crippen LogP contribution in [0.15, 0.2) is 35.6 Å². The zero-order valence-electron chi connectivity index (χ0n) is 17.2. The predicted octanol–water partition coefficient (Wildman–Crippen LogP) is 3.87. The summed E-state index contributed by atoms with van der Waals surface area (Å²) in [5.41, 5.74) is 3.43. The lowest BCUT2D eigenvalue weighted by molar-refractivity contribution is 0.121. The highest BCUT2D eigenvalue weighted by Crippen LogP contribution is 2.46. The number of hydrogen-bond acceptors (Lipinski definition) is 6. The van der Waals surface area contributed by atoms with Gasteiger partial charge in [0.05, 0.1) is 47.4 Å². The van der Waals surface area contributed by atoms with Crippen molar-refractivity contribution in [2.75, 3.05) is 18.5 Å². The molecular formula is C22H22F2N6O. The molecule has 4 atom stereocenters. The summed E-state index contributed by atoms with van der Waals surface area (Å²) in [4.78, 5) is 13.8. The van der Waals surface area contributed by atoms with Crippen LogP contribution in [0.1, 0.15) is 26.0 Å². The molecule has 0 radical (unpaired) electrons. The maximum Gasteiger partial charge on any atom is 0.241 e. The number of halogens is 2. The van der Waals surface area contributed by atoms with E-state index in [1.165, 1.54) is 0 Å². The van der Waals surface area contributed by atoms with Gasteiger partial charge in [-0.1, -0.05) is 0 Å². The largest absolute Gasteiger partial charge is 0.381 e. The van der Waals surface area contributed by atoms with Gasteiger partial charge < -0.3 is 10.1 Å². The molecule has 2 fully saturated rings. The van der Waals surface area contributed by atoms with E-state index in [1.807, 2.05) is 24.4 Å². The minimum absolute atomic E-state index is 0.297. The standard InChI is InChI=1S/C22H22F2N6O/c1-11-22(2,7-18(23)24)20-16(26-11)4-3-15(27-20)12-5-6-30-17(12)8-25-21(29-30)28-19-13-9-31-10-14(13)19/h3-6,8,13-14,18-19H,7,9-10H2,1-2H3,(H,28,29)/t13-,14+,19?,22?. The zero-order chi connectivity index (χ0) is 21.3. The SMILES string of the molecule is CC1=Nc2ccc(-c3ccn4nc(NC5[C@H]6COC[C@@H]56)ncc34)nc2C1(C)CC(F)F. The van der Waals surface area contributed by atoms with Gasteiger partial charge in [0.15, 0.2) is 0 Å². The van der Waals surface area contributed by atoms with Crippen molar-refractivity contribution in [2.24, 2.45) is 16.8 Å². The van der Waals surface area contributed by atoms with Gasteiger partial charge in [-0.3, -0.25) is 4.99 Å². The molecule has 2 aliphatic heterocycles. The van der Waals surface area contributed by atoms with Crippen LogP contribution in [0.5, 0.6) is 0 Å². The number of alkyl halides is 2. The van der Waals surface area contributed by atoms with Crippen molar-refractivity contribution >= 4 is 22.9 Å². The molecule has 1 saturated heterocycles. The third kappa shape index (κ3) is 2.86. The van der Waals surface area contributed by atoms with E-state index in [9.17, 15) is 8.78 Å². The molecule has 31 heavy (non-hydrogen) atoms. The average Bonchev–Trinajstić information content (AvgIpc) is 3.12. The Balaban J connectivity index is 1.32. The molecule has 0 aromatic carbocycles. The smallest absolute Gasteiger partial charge is 0.241 e. The highest BCUT2D eigenvalue weighted by Gasteiger charge is 2.54. The van der Waals surface area contributed by atoms with Crippen LogP contribution in [0.4, 0.5) is 20.4 Å². The van der Waals surface area contributed by atoms with Crippen LogP contribution >= 0.6 is 0 Å². The topological polar surface area (TPSA) is 76.7 Å². The molecule has 5 heterocycles. The highest BCUT2D eigenvalue weighted by molar-refractivity contribution is 5.99. The number of anilines is 1. The monoisotopic (exact) mass is 424 g/mol. The quantitative estimate of drug-likeness (QED) is 0.673. The predicted molar refractivity (Wildman–Crippen MR) is 112 cm³/mol. The van der Waals surface area contributed by atoms with Gasteiger partial charge in [-0.2, -0.15) is 0 Å².